The number of hydrogen-bond acceptors (Lipinski definition) is 4. The molecule has 1 amide bonds. The summed E-state index contributed by atoms with van der Waals surface area (Å²) in [7, 11) is 0. The van der Waals surface area contributed by atoms with Crippen molar-refractivity contribution in [3.63, 3.8) is 0 Å². The first kappa shape index (κ1) is 18.7. The Morgan fingerprint density at radius 1 is 1.36 bits per heavy atom. The predicted molar refractivity (Wildman–Crippen MR) is 91.9 cm³/mol. The molecule has 0 saturated carbocycles. The van der Waals surface area contributed by atoms with Crippen LogP contribution in [0.1, 0.15) is 24.8 Å². The van der Waals surface area contributed by atoms with E-state index in [2.05, 4.69) is 10.2 Å². The SMILES string of the molecule is Cc1cc(NC(=O)CCN)ccc1OCCN1CCCC1.Cl. The predicted octanol–water partition coefficient (Wildman–Crippen LogP) is 2.18. The molecule has 0 aliphatic carbocycles. The molecule has 1 saturated heterocycles. The minimum atomic E-state index is -0.0559. The number of nitrogens with two attached hydrogens (primary N) is 1. The minimum absolute atomic E-state index is 0. The molecule has 1 aromatic carbocycles. The first-order valence-electron chi connectivity index (χ1n) is 7.65. The molecule has 0 radical (unpaired) electrons. The number of nitrogens with zero attached hydrogens (tertiary/aromatic N) is 1. The number of carbonyl (C=O) groups is 1. The molecular weight excluding hydrogens is 302 g/mol. The zero-order chi connectivity index (χ0) is 15.1. The van der Waals surface area contributed by atoms with Gasteiger partial charge in [-0.05, 0) is 56.6 Å². The summed E-state index contributed by atoms with van der Waals surface area (Å²) in [6, 6.07) is 5.71. The van der Waals surface area contributed by atoms with Crippen molar-refractivity contribution in [3.8, 4) is 5.75 Å². The number of likely N-dealkylation sites (tertiary alicyclic amines) is 1. The van der Waals surface area contributed by atoms with Gasteiger partial charge in [-0.1, -0.05) is 0 Å². The molecular formula is C16H26ClN3O2. The number of nitrogens with one attached hydrogen (secondary N) is 1. The van der Waals surface area contributed by atoms with Crippen molar-refractivity contribution in [1.82, 2.24) is 4.90 Å². The minimum Gasteiger partial charge on any atom is -0.492 e. The van der Waals surface area contributed by atoms with Crippen LogP contribution in [0.3, 0.4) is 0 Å². The van der Waals surface area contributed by atoms with Gasteiger partial charge < -0.3 is 15.8 Å². The van der Waals surface area contributed by atoms with Gasteiger partial charge in [0, 0.05) is 25.2 Å². The van der Waals surface area contributed by atoms with Gasteiger partial charge in [-0.3, -0.25) is 9.69 Å². The summed E-state index contributed by atoms with van der Waals surface area (Å²) in [4.78, 5) is 13.9. The molecule has 1 aliphatic rings. The van der Waals surface area contributed by atoms with E-state index < -0.39 is 0 Å². The van der Waals surface area contributed by atoms with Gasteiger partial charge in [-0.25, -0.2) is 0 Å². The maximum absolute atomic E-state index is 11.5. The van der Waals surface area contributed by atoms with E-state index in [1.54, 1.807) is 0 Å². The average molecular weight is 328 g/mol. The number of halogens is 1. The summed E-state index contributed by atoms with van der Waals surface area (Å²) >= 11 is 0. The lowest BCUT2D eigenvalue weighted by molar-refractivity contribution is -0.116. The van der Waals surface area contributed by atoms with Crippen LogP contribution in [0.4, 0.5) is 5.69 Å². The Kier molecular flexibility index (Phi) is 8.24. The van der Waals surface area contributed by atoms with Crippen molar-refractivity contribution in [3.05, 3.63) is 23.8 Å². The quantitative estimate of drug-likeness (QED) is 0.805. The monoisotopic (exact) mass is 327 g/mol. The Bertz CT molecular complexity index is 476. The lowest BCUT2D eigenvalue weighted by Crippen LogP contribution is -2.25. The van der Waals surface area contributed by atoms with Crippen LogP contribution in [0.25, 0.3) is 0 Å². The number of anilines is 1. The highest BCUT2D eigenvalue weighted by molar-refractivity contribution is 5.91. The molecule has 6 heteroatoms. The summed E-state index contributed by atoms with van der Waals surface area (Å²) in [5.74, 6) is 0.825. The van der Waals surface area contributed by atoms with Gasteiger partial charge in [0.05, 0.1) is 0 Å². The van der Waals surface area contributed by atoms with Gasteiger partial charge in [0.25, 0.3) is 0 Å². The fraction of sp³-hybridized carbons (Fsp3) is 0.562. The van der Waals surface area contributed by atoms with Crippen molar-refractivity contribution in [2.75, 3.05) is 38.1 Å². The molecule has 124 valence electrons. The molecule has 0 bridgehead atoms. The standard InChI is InChI=1S/C16H25N3O2.ClH/c1-13-12-14(18-16(20)6-7-17)4-5-15(13)21-11-10-19-8-2-3-9-19;/h4-5,12H,2-3,6-11,17H2,1H3,(H,18,20);1H. The van der Waals surface area contributed by atoms with Gasteiger partial charge in [0.2, 0.25) is 5.91 Å². The Balaban J connectivity index is 0.00000242. The Morgan fingerprint density at radius 3 is 2.73 bits per heavy atom. The van der Waals surface area contributed by atoms with E-state index in [0.29, 0.717) is 19.6 Å². The number of hydrogen-bond donors (Lipinski definition) is 2. The summed E-state index contributed by atoms with van der Waals surface area (Å²) in [5, 5.41) is 2.83. The van der Waals surface area contributed by atoms with Crippen LogP contribution in [0, 0.1) is 6.92 Å². The van der Waals surface area contributed by atoms with E-state index >= 15 is 0 Å². The number of aryl methyl sites for hydroxylation is 1. The van der Waals surface area contributed by atoms with Gasteiger partial charge in [0.1, 0.15) is 12.4 Å². The smallest absolute Gasteiger partial charge is 0.225 e. The van der Waals surface area contributed by atoms with Crippen LogP contribution in [-0.2, 0) is 4.79 Å². The fourth-order valence-corrected chi connectivity index (χ4v) is 2.53. The van der Waals surface area contributed by atoms with Crippen LogP contribution in [0.2, 0.25) is 0 Å². The third-order valence-corrected chi connectivity index (χ3v) is 3.69. The van der Waals surface area contributed by atoms with Crippen molar-refractivity contribution in [1.29, 1.82) is 0 Å². The average Bonchev–Trinajstić information content (AvgIpc) is 2.94. The fourth-order valence-electron chi connectivity index (χ4n) is 2.53. The maximum Gasteiger partial charge on any atom is 0.225 e. The first-order valence-corrected chi connectivity index (χ1v) is 7.65. The van der Waals surface area contributed by atoms with E-state index in [1.165, 1.54) is 25.9 Å². The second-order valence-corrected chi connectivity index (χ2v) is 5.46. The van der Waals surface area contributed by atoms with Crippen LogP contribution < -0.4 is 15.8 Å². The topological polar surface area (TPSA) is 67.6 Å². The van der Waals surface area contributed by atoms with E-state index in [4.69, 9.17) is 10.5 Å². The highest BCUT2D eigenvalue weighted by Crippen LogP contribution is 2.22. The van der Waals surface area contributed by atoms with Crippen LogP contribution in [0.5, 0.6) is 5.75 Å². The molecule has 22 heavy (non-hydrogen) atoms. The van der Waals surface area contributed by atoms with Crippen molar-refractivity contribution >= 4 is 24.0 Å². The molecule has 1 heterocycles. The zero-order valence-electron chi connectivity index (χ0n) is 13.1. The summed E-state index contributed by atoms with van der Waals surface area (Å²) in [6.07, 6.45) is 2.94. The number of carbonyl (C=O) groups excluding carboxylic acids is 1. The zero-order valence-corrected chi connectivity index (χ0v) is 14.0. The molecule has 0 unspecified atom stereocenters. The molecule has 0 atom stereocenters. The van der Waals surface area contributed by atoms with Crippen molar-refractivity contribution in [2.24, 2.45) is 5.73 Å². The molecule has 1 fully saturated rings. The van der Waals surface area contributed by atoms with E-state index in [-0.39, 0.29) is 18.3 Å². The molecule has 1 aromatic rings. The second-order valence-electron chi connectivity index (χ2n) is 5.46. The summed E-state index contributed by atoms with van der Waals surface area (Å²) in [5.41, 5.74) is 7.18. The van der Waals surface area contributed by atoms with Gasteiger partial charge in [-0.2, -0.15) is 0 Å². The molecule has 1 aliphatic heterocycles. The number of ether oxygens (including phenoxy) is 1. The molecule has 0 spiro atoms. The lowest BCUT2D eigenvalue weighted by atomic mass is 10.2. The van der Waals surface area contributed by atoms with E-state index in [1.807, 2.05) is 25.1 Å². The highest BCUT2D eigenvalue weighted by atomic mass is 35.5. The molecule has 3 N–H and O–H groups in total. The van der Waals surface area contributed by atoms with Crippen molar-refractivity contribution < 1.29 is 9.53 Å². The number of rotatable bonds is 7. The summed E-state index contributed by atoms with van der Waals surface area (Å²) < 4.78 is 5.83. The van der Waals surface area contributed by atoms with Gasteiger partial charge >= 0.3 is 0 Å². The normalized spacial score (nSPS) is 14.5. The largest absolute Gasteiger partial charge is 0.492 e. The summed E-state index contributed by atoms with van der Waals surface area (Å²) in [6.45, 7) is 6.42. The van der Waals surface area contributed by atoms with Crippen LogP contribution in [-0.4, -0.2) is 43.6 Å². The third kappa shape index (κ3) is 5.83. The van der Waals surface area contributed by atoms with E-state index in [0.717, 1.165) is 23.5 Å². The Labute approximate surface area is 138 Å². The first-order chi connectivity index (χ1) is 10.2. The Hall–Kier alpha value is -1.30. The molecule has 5 nitrogen and oxygen atoms in total. The second kappa shape index (κ2) is 9.66. The van der Waals surface area contributed by atoms with Crippen LogP contribution in [0.15, 0.2) is 18.2 Å². The van der Waals surface area contributed by atoms with Gasteiger partial charge in [0.15, 0.2) is 0 Å². The van der Waals surface area contributed by atoms with Gasteiger partial charge in [-0.15, -0.1) is 12.4 Å². The molecule has 0 aromatic heterocycles. The number of benzene rings is 1. The third-order valence-electron chi connectivity index (χ3n) is 3.69. The van der Waals surface area contributed by atoms with Crippen molar-refractivity contribution in [2.45, 2.75) is 26.2 Å². The maximum atomic E-state index is 11.5. The lowest BCUT2D eigenvalue weighted by Gasteiger charge is -2.16. The van der Waals surface area contributed by atoms with E-state index in [9.17, 15) is 4.79 Å². The molecule has 2 rings (SSSR count). The Morgan fingerprint density at radius 2 is 2.09 bits per heavy atom. The highest BCUT2D eigenvalue weighted by Gasteiger charge is 2.11. The number of amides is 1. The van der Waals surface area contributed by atoms with Crippen LogP contribution >= 0.6 is 12.4 Å².